The molecule has 268 valence electrons. The van der Waals surface area contributed by atoms with Gasteiger partial charge in [0.25, 0.3) is 0 Å². The van der Waals surface area contributed by atoms with Gasteiger partial charge >= 0.3 is 5.97 Å². The first-order valence-corrected chi connectivity index (χ1v) is 18.6. The molecule has 0 radical (unpaired) electrons. The van der Waals surface area contributed by atoms with Crippen LogP contribution in [0.1, 0.15) is 162 Å². The first-order chi connectivity index (χ1) is 21.9. The minimum atomic E-state index is -1.53. The van der Waals surface area contributed by atoms with Crippen LogP contribution in [0, 0.1) is 0 Å². The van der Waals surface area contributed by atoms with E-state index in [-0.39, 0.29) is 19.2 Å². The molecule has 0 bridgehead atoms. The Morgan fingerprint density at radius 1 is 0.622 bits per heavy atom. The second-order valence-electron chi connectivity index (χ2n) is 13.0. The summed E-state index contributed by atoms with van der Waals surface area (Å²) in [5.41, 5.74) is 0. The third-order valence-corrected chi connectivity index (χ3v) is 8.77. The molecule has 0 aromatic rings. The van der Waals surface area contributed by atoms with Crippen LogP contribution in [0.4, 0.5) is 0 Å². The van der Waals surface area contributed by atoms with Crippen LogP contribution in [0.3, 0.4) is 0 Å². The van der Waals surface area contributed by atoms with Crippen LogP contribution < -0.4 is 0 Å². The Kier molecular flexibility index (Phi) is 27.5. The van der Waals surface area contributed by atoms with E-state index in [1.165, 1.54) is 116 Å². The normalized spacial score (nSPS) is 22.5. The van der Waals surface area contributed by atoms with Gasteiger partial charge in [0.2, 0.25) is 0 Å². The highest BCUT2D eigenvalue weighted by Crippen LogP contribution is 2.22. The molecule has 9 nitrogen and oxygen atoms in total. The molecule has 45 heavy (non-hydrogen) atoms. The molecule has 0 spiro atoms. The number of esters is 1. The molecule has 1 fully saturated rings. The van der Waals surface area contributed by atoms with Gasteiger partial charge in [0.05, 0.1) is 19.8 Å². The van der Waals surface area contributed by atoms with Gasteiger partial charge < -0.3 is 39.4 Å². The highest BCUT2D eigenvalue weighted by molar-refractivity contribution is 5.69. The molecular formula is C36H70O9. The van der Waals surface area contributed by atoms with E-state index in [4.69, 9.17) is 18.9 Å². The molecule has 1 aliphatic rings. The quantitative estimate of drug-likeness (QED) is 0.0477. The monoisotopic (exact) mass is 647 g/mol. The molecule has 9 heteroatoms. The third-order valence-electron chi connectivity index (χ3n) is 8.77. The fourth-order valence-corrected chi connectivity index (χ4v) is 5.76. The Morgan fingerprint density at radius 3 is 1.56 bits per heavy atom. The largest absolute Gasteiger partial charge is 0.457 e. The number of hydrogen-bond acceptors (Lipinski definition) is 9. The molecule has 1 saturated heterocycles. The lowest BCUT2D eigenvalue weighted by Crippen LogP contribution is -2.59. The Hall–Kier alpha value is -0.810. The fourth-order valence-electron chi connectivity index (χ4n) is 5.76. The van der Waals surface area contributed by atoms with Crippen LogP contribution in [0.5, 0.6) is 0 Å². The maximum atomic E-state index is 12.2. The van der Waals surface area contributed by atoms with Gasteiger partial charge in [0, 0.05) is 13.0 Å². The molecule has 0 amide bonds. The molecule has 1 aliphatic heterocycles. The van der Waals surface area contributed by atoms with Crippen LogP contribution >= 0.6 is 0 Å². The third kappa shape index (κ3) is 21.6. The lowest BCUT2D eigenvalue weighted by atomic mass is 9.99. The maximum Gasteiger partial charge on any atom is 0.306 e. The second kappa shape index (κ2) is 29.3. The molecule has 1 rings (SSSR count). The van der Waals surface area contributed by atoms with E-state index in [1.807, 2.05) is 6.92 Å². The molecule has 0 aromatic carbocycles. The van der Waals surface area contributed by atoms with Gasteiger partial charge in [0.1, 0.15) is 30.5 Å². The number of aliphatic hydroxyl groups is 4. The van der Waals surface area contributed by atoms with Crippen molar-refractivity contribution in [1.82, 2.24) is 0 Å². The van der Waals surface area contributed by atoms with Crippen molar-refractivity contribution in [2.75, 3.05) is 26.4 Å². The first-order valence-electron chi connectivity index (χ1n) is 18.6. The van der Waals surface area contributed by atoms with Crippen LogP contribution in [0.2, 0.25) is 0 Å². The summed E-state index contributed by atoms with van der Waals surface area (Å²) in [4.78, 5) is 12.2. The van der Waals surface area contributed by atoms with Crippen molar-refractivity contribution in [3.63, 3.8) is 0 Å². The Balaban J connectivity index is 2.07. The zero-order valence-corrected chi connectivity index (χ0v) is 28.9. The van der Waals surface area contributed by atoms with Gasteiger partial charge in [-0.05, 0) is 12.8 Å². The summed E-state index contributed by atoms with van der Waals surface area (Å²) in [6.45, 7) is 4.33. The fraction of sp³-hybridized carbons (Fsp3) is 0.972. The van der Waals surface area contributed by atoms with E-state index in [9.17, 15) is 25.2 Å². The molecule has 0 aromatic heterocycles. The highest BCUT2D eigenvalue weighted by atomic mass is 16.7. The number of carbonyl (C=O) groups excluding carboxylic acids is 1. The molecule has 4 N–H and O–H groups in total. The van der Waals surface area contributed by atoms with E-state index in [1.54, 1.807) is 0 Å². The van der Waals surface area contributed by atoms with Crippen molar-refractivity contribution in [3.8, 4) is 0 Å². The second-order valence-corrected chi connectivity index (χ2v) is 13.0. The molecule has 0 saturated carbocycles. The summed E-state index contributed by atoms with van der Waals surface area (Å²) in [6, 6.07) is 0. The first kappa shape index (κ1) is 42.2. The number of hydrogen-bond donors (Lipinski definition) is 4. The van der Waals surface area contributed by atoms with Gasteiger partial charge in [-0.25, -0.2) is 0 Å². The van der Waals surface area contributed by atoms with Gasteiger partial charge in [-0.3, -0.25) is 4.79 Å². The number of ether oxygens (including phenoxy) is 4. The number of unbranched alkanes of at least 4 members (excludes halogenated alkanes) is 20. The molecule has 1 heterocycles. The number of rotatable bonds is 31. The zero-order valence-electron chi connectivity index (χ0n) is 28.9. The molecule has 6 unspecified atom stereocenters. The minimum Gasteiger partial charge on any atom is -0.457 e. The summed E-state index contributed by atoms with van der Waals surface area (Å²) >= 11 is 0. The minimum absolute atomic E-state index is 0.111. The SMILES string of the molecule is CCCCCCCCCCCCCCCCCCCCCCOCC(COC1OC(CO)C(O)C(O)C1O)OC(=O)CCCC. The van der Waals surface area contributed by atoms with Crippen molar-refractivity contribution in [2.45, 2.75) is 198 Å². The van der Waals surface area contributed by atoms with E-state index >= 15 is 0 Å². The van der Waals surface area contributed by atoms with Gasteiger partial charge in [-0.1, -0.05) is 142 Å². The van der Waals surface area contributed by atoms with Gasteiger partial charge in [-0.15, -0.1) is 0 Å². The Bertz CT molecular complexity index is 662. The topological polar surface area (TPSA) is 135 Å². The zero-order chi connectivity index (χ0) is 33.0. The van der Waals surface area contributed by atoms with Crippen molar-refractivity contribution in [1.29, 1.82) is 0 Å². The standard InChI is InChI=1S/C36H70O9/c1-3-5-7-8-9-10-11-12-13-14-15-16-17-18-19-20-21-22-23-24-26-42-28-30(44-32(38)25-6-4-2)29-43-36-35(41)34(40)33(39)31(27-37)45-36/h30-31,33-37,39-41H,3-29H2,1-2H3. The van der Waals surface area contributed by atoms with Gasteiger partial charge in [0.15, 0.2) is 6.29 Å². The summed E-state index contributed by atoms with van der Waals surface area (Å²) in [6.07, 6.45) is 21.1. The van der Waals surface area contributed by atoms with E-state index in [2.05, 4.69) is 6.92 Å². The van der Waals surface area contributed by atoms with Crippen molar-refractivity contribution >= 4 is 5.97 Å². The van der Waals surface area contributed by atoms with Crippen molar-refractivity contribution < 1.29 is 44.2 Å². The lowest BCUT2D eigenvalue weighted by Gasteiger charge is -2.39. The van der Waals surface area contributed by atoms with Crippen molar-refractivity contribution in [2.24, 2.45) is 0 Å². The summed E-state index contributed by atoms with van der Waals surface area (Å²) < 4.78 is 22.3. The van der Waals surface area contributed by atoms with Crippen LogP contribution in [0.25, 0.3) is 0 Å². The number of carbonyl (C=O) groups is 1. The highest BCUT2D eigenvalue weighted by Gasteiger charge is 2.44. The van der Waals surface area contributed by atoms with Gasteiger partial charge in [-0.2, -0.15) is 0 Å². The Morgan fingerprint density at radius 2 is 1.09 bits per heavy atom. The lowest BCUT2D eigenvalue weighted by molar-refractivity contribution is -0.305. The van der Waals surface area contributed by atoms with Crippen LogP contribution in [0.15, 0.2) is 0 Å². The summed E-state index contributed by atoms with van der Waals surface area (Å²) in [7, 11) is 0. The summed E-state index contributed by atoms with van der Waals surface area (Å²) in [5, 5.41) is 39.5. The molecule has 0 aliphatic carbocycles. The van der Waals surface area contributed by atoms with Crippen LogP contribution in [-0.4, -0.2) is 89.6 Å². The van der Waals surface area contributed by atoms with E-state index < -0.39 is 43.4 Å². The molecular weight excluding hydrogens is 576 g/mol. The Labute approximate surface area is 274 Å². The number of aliphatic hydroxyl groups excluding tert-OH is 4. The van der Waals surface area contributed by atoms with E-state index in [0.717, 1.165) is 25.7 Å². The van der Waals surface area contributed by atoms with Crippen molar-refractivity contribution in [3.05, 3.63) is 0 Å². The van der Waals surface area contributed by atoms with E-state index in [0.29, 0.717) is 13.0 Å². The average Bonchev–Trinajstić information content (AvgIpc) is 3.04. The maximum absolute atomic E-state index is 12.2. The smallest absolute Gasteiger partial charge is 0.306 e. The predicted octanol–water partition coefficient (Wildman–Crippen LogP) is 6.74. The van der Waals surface area contributed by atoms with Crippen LogP contribution in [-0.2, 0) is 23.7 Å². The predicted molar refractivity (Wildman–Crippen MR) is 178 cm³/mol. The summed E-state index contributed by atoms with van der Waals surface area (Å²) in [5.74, 6) is -0.346. The molecule has 6 atom stereocenters. The average molecular weight is 647 g/mol.